The Hall–Kier alpha value is -9.11. The van der Waals surface area contributed by atoms with E-state index in [1.165, 1.54) is 32.1 Å². The summed E-state index contributed by atoms with van der Waals surface area (Å²) < 4.78 is 23.8. The van der Waals surface area contributed by atoms with E-state index in [1.54, 1.807) is 74.5 Å². The van der Waals surface area contributed by atoms with Crippen LogP contribution in [-0.2, 0) is 24.0 Å². The molecule has 0 bridgehead atoms. The molecule has 21 nitrogen and oxygen atoms in total. The summed E-state index contributed by atoms with van der Waals surface area (Å²) in [5.41, 5.74) is 7.07. The first kappa shape index (κ1) is 60.5. The first-order valence-electron chi connectivity index (χ1n) is 29.0. The van der Waals surface area contributed by atoms with Crippen molar-refractivity contribution in [3.8, 4) is 23.0 Å². The van der Waals surface area contributed by atoms with Gasteiger partial charge in [0.2, 0.25) is 17.7 Å². The summed E-state index contributed by atoms with van der Waals surface area (Å²) in [4.78, 5) is 108. The van der Waals surface area contributed by atoms with Crippen LogP contribution in [-0.4, -0.2) is 154 Å². The van der Waals surface area contributed by atoms with Gasteiger partial charge in [-0.3, -0.25) is 48.4 Å². The molecule has 4 aromatic carbocycles. The standard InChI is InChI=1S/C64H74N10O11/c1-40(2)60(70-57(75)13-8-7-9-25-73-58(76)22-23-59(73)77)63(80)68-41(3)61(78)69-46-18-14-42(15-19-46)44-12-10-24-65-51-35-55(53(82-5)33-49(51)62(79)67-37-44)84-30-11-31-85-56-36-52-50(34-54(56)83-6)64(81)74-39-45(32-48(74)38-66-52)43-16-20-47(21-17-43)72-28-26-71(4)27-29-72/h14-24,33-41,48,60H,7-13,25-32H2,1-6H3,(H,67,79)(H,68,80)(H,69,78)(H,70,75). The highest BCUT2D eigenvalue weighted by Gasteiger charge is 2.34. The molecule has 1 saturated heterocycles. The normalized spacial score (nSPS) is 17.4. The van der Waals surface area contributed by atoms with Crippen LogP contribution in [0, 0.1) is 5.92 Å². The number of methoxy groups -OCH3 is 2. The van der Waals surface area contributed by atoms with Gasteiger partial charge in [-0.1, -0.05) is 44.5 Å². The van der Waals surface area contributed by atoms with Gasteiger partial charge < -0.3 is 54.9 Å². The Labute approximate surface area is 495 Å². The Morgan fingerprint density at radius 2 is 1.34 bits per heavy atom. The van der Waals surface area contributed by atoms with Crippen LogP contribution in [0.1, 0.15) is 104 Å². The minimum absolute atomic E-state index is 0.161. The van der Waals surface area contributed by atoms with Crippen LogP contribution in [0.3, 0.4) is 0 Å². The molecule has 0 radical (unpaired) electrons. The number of nitrogens with zero attached hydrogens (tertiary/aromatic N) is 6. The number of nitrogens with one attached hydrogen (secondary N) is 4. The van der Waals surface area contributed by atoms with Crippen molar-refractivity contribution in [1.29, 1.82) is 0 Å². The zero-order valence-electron chi connectivity index (χ0n) is 49.0. The van der Waals surface area contributed by atoms with Crippen LogP contribution in [0.2, 0.25) is 0 Å². The van der Waals surface area contributed by atoms with Gasteiger partial charge in [0.25, 0.3) is 23.6 Å². The van der Waals surface area contributed by atoms with Crippen molar-refractivity contribution in [3.63, 3.8) is 0 Å². The minimum Gasteiger partial charge on any atom is -0.493 e. The van der Waals surface area contributed by atoms with Gasteiger partial charge in [-0.2, -0.15) is 0 Å². The third-order valence-electron chi connectivity index (χ3n) is 15.5. The topological polar surface area (TPSA) is 242 Å². The molecule has 3 atom stereocenters. The molecular weight excluding hydrogens is 1080 g/mol. The fourth-order valence-corrected chi connectivity index (χ4v) is 10.5. The van der Waals surface area contributed by atoms with Crippen molar-refractivity contribution >= 4 is 87.7 Å². The number of hydrogen-bond acceptors (Lipinski definition) is 15. The molecule has 0 saturated carbocycles. The van der Waals surface area contributed by atoms with Crippen LogP contribution in [0.5, 0.6) is 23.0 Å². The first-order valence-corrected chi connectivity index (χ1v) is 29.0. The van der Waals surface area contributed by atoms with E-state index in [2.05, 4.69) is 67.4 Å². The number of fused-ring (bicyclic) bond motifs is 3. The summed E-state index contributed by atoms with van der Waals surface area (Å²) in [6, 6.07) is 20.4. The van der Waals surface area contributed by atoms with Crippen molar-refractivity contribution < 1.29 is 52.5 Å². The van der Waals surface area contributed by atoms with Crippen molar-refractivity contribution in [3.05, 3.63) is 120 Å². The second-order valence-corrected chi connectivity index (χ2v) is 21.9. The van der Waals surface area contributed by atoms with E-state index in [4.69, 9.17) is 23.9 Å². The Kier molecular flexibility index (Phi) is 19.9. The number of rotatable bonds is 23. The highest BCUT2D eigenvalue weighted by molar-refractivity contribution is 6.13. The Morgan fingerprint density at radius 3 is 2.00 bits per heavy atom. The summed E-state index contributed by atoms with van der Waals surface area (Å²) >= 11 is 0. The van der Waals surface area contributed by atoms with Crippen molar-refractivity contribution in [1.82, 2.24) is 30.7 Å². The zero-order chi connectivity index (χ0) is 60.1. The molecule has 7 amide bonds. The number of ether oxygens (including phenoxy) is 4. The van der Waals surface area contributed by atoms with Gasteiger partial charge in [-0.25, -0.2) is 0 Å². The van der Waals surface area contributed by atoms with Gasteiger partial charge in [0.15, 0.2) is 23.0 Å². The van der Waals surface area contributed by atoms with Crippen LogP contribution < -0.4 is 45.1 Å². The zero-order valence-corrected chi connectivity index (χ0v) is 49.0. The number of unbranched alkanes of at least 4 members (excludes halogenated alkanes) is 2. The maximum absolute atomic E-state index is 14.0. The fraction of sp³-hybridized carbons (Fsp3) is 0.391. The number of anilines is 2. The van der Waals surface area contributed by atoms with Crippen LogP contribution in [0.25, 0.3) is 11.1 Å². The van der Waals surface area contributed by atoms with E-state index in [1.807, 2.05) is 24.5 Å². The lowest BCUT2D eigenvalue weighted by molar-refractivity contribution is -0.137. The number of carbonyl (C=O) groups is 7. The Bertz CT molecular complexity index is 3310. The molecule has 1 fully saturated rings. The van der Waals surface area contributed by atoms with Crippen LogP contribution in [0.4, 0.5) is 22.7 Å². The van der Waals surface area contributed by atoms with Crippen molar-refractivity contribution in [2.24, 2.45) is 15.9 Å². The van der Waals surface area contributed by atoms with Gasteiger partial charge in [-0.05, 0) is 104 Å². The average molecular weight is 1160 g/mol. The molecular formula is C64H74N10O11. The number of hydrogen-bond donors (Lipinski definition) is 4. The van der Waals surface area contributed by atoms with Crippen molar-refractivity contribution in [2.45, 2.75) is 90.3 Å². The lowest BCUT2D eigenvalue weighted by Crippen LogP contribution is -2.53. The van der Waals surface area contributed by atoms with E-state index in [0.29, 0.717) is 90.6 Å². The fourth-order valence-electron chi connectivity index (χ4n) is 10.5. The number of benzene rings is 4. The Morgan fingerprint density at radius 1 is 0.706 bits per heavy atom. The third kappa shape index (κ3) is 15.0. The summed E-state index contributed by atoms with van der Waals surface area (Å²) in [7, 11) is 5.18. The second-order valence-electron chi connectivity index (χ2n) is 21.9. The summed E-state index contributed by atoms with van der Waals surface area (Å²) in [5, 5.41) is 11.2. The number of likely N-dealkylation sites (N-methyl/N-ethyl adjacent to an activating group) is 1. The van der Waals surface area contributed by atoms with Crippen LogP contribution in [0.15, 0.2) is 107 Å². The van der Waals surface area contributed by atoms with Crippen molar-refractivity contribution in [2.75, 3.05) is 77.4 Å². The van der Waals surface area contributed by atoms with E-state index < -0.39 is 29.8 Å². The molecule has 0 aromatic heterocycles. The maximum atomic E-state index is 14.0. The third-order valence-corrected chi connectivity index (χ3v) is 15.5. The SMILES string of the molecule is COc1cc2c(cc1OCCCOc1cc3c(cc1OC)C(=O)N1C=C(c4ccc(N5CCN(C)CC5)cc4)CC1C=N3)N=CCCC(c1ccc(NC(=O)C(C)NC(=O)C(NC(=O)CCCCCN3C(=O)C=CC3=O)C(C)C)cc1)=CNC2=O. The minimum atomic E-state index is -0.932. The molecule has 5 aliphatic heterocycles. The number of amides is 7. The van der Waals surface area contributed by atoms with Gasteiger partial charge in [0.1, 0.15) is 12.1 Å². The first-order chi connectivity index (χ1) is 41.1. The molecule has 3 unspecified atom stereocenters. The summed E-state index contributed by atoms with van der Waals surface area (Å²) in [6.45, 7) is 10.00. The quantitative estimate of drug-likeness (QED) is 0.0413. The molecule has 85 heavy (non-hydrogen) atoms. The van der Waals surface area contributed by atoms with E-state index >= 15 is 0 Å². The maximum Gasteiger partial charge on any atom is 0.260 e. The predicted molar refractivity (Wildman–Crippen MR) is 325 cm³/mol. The lowest BCUT2D eigenvalue weighted by Gasteiger charge is -2.34. The number of imide groups is 1. The summed E-state index contributed by atoms with van der Waals surface area (Å²) in [6.07, 6.45) is 13.7. The van der Waals surface area contributed by atoms with E-state index in [-0.39, 0.29) is 67.3 Å². The highest BCUT2D eigenvalue weighted by atomic mass is 16.5. The van der Waals surface area contributed by atoms with E-state index in [9.17, 15) is 33.6 Å². The molecule has 4 N–H and O–H groups in total. The van der Waals surface area contributed by atoms with Gasteiger partial charge in [0.05, 0.1) is 56.0 Å². The number of carbonyl (C=O) groups excluding carboxylic acids is 7. The van der Waals surface area contributed by atoms with Crippen LogP contribution >= 0.6 is 0 Å². The van der Waals surface area contributed by atoms with Gasteiger partial charge >= 0.3 is 0 Å². The molecule has 5 heterocycles. The number of allylic oxidation sites excluding steroid dienone is 1. The van der Waals surface area contributed by atoms with E-state index in [0.717, 1.165) is 53.4 Å². The summed E-state index contributed by atoms with van der Waals surface area (Å²) in [5.74, 6) is -1.19. The number of piperazine rings is 1. The Balaban J connectivity index is 0.732. The van der Waals surface area contributed by atoms with Gasteiger partial charge in [-0.15, -0.1) is 0 Å². The molecule has 0 spiro atoms. The predicted octanol–water partition coefficient (Wildman–Crippen LogP) is 7.61. The smallest absolute Gasteiger partial charge is 0.260 e. The highest BCUT2D eigenvalue weighted by Crippen LogP contribution is 2.41. The average Bonchev–Trinajstić information content (AvgIpc) is 2.36. The number of aliphatic imine (C=N–C) groups is 2. The molecule has 0 aliphatic carbocycles. The largest absolute Gasteiger partial charge is 0.493 e. The molecule has 5 aliphatic rings. The monoisotopic (exact) mass is 1160 g/mol. The molecule has 446 valence electrons. The van der Waals surface area contributed by atoms with Gasteiger partial charge in [0, 0.05) is 112 Å². The molecule has 9 rings (SSSR count). The second kappa shape index (κ2) is 28.0. The lowest BCUT2D eigenvalue weighted by atomic mass is 10.0. The molecule has 4 aromatic rings. The molecule has 21 heteroatoms.